The van der Waals surface area contributed by atoms with Crippen molar-refractivity contribution in [3.63, 3.8) is 0 Å². The third kappa shape index (κ3) is 5.12. The Labute approximate surface area is 173 Å². The van der Waals surface area contributed by atoms with Crippen molar-refractivity contribution in [3.05, 3.63) is 93.7 Å². The number of aromatic nitrogens is 1. The molecule has 156 valence electrons. The average molecular weight is 410 g/mol. The minimum Gasteiger partial charge on any atom is -0.491 e. The zero-order valence-electron chi connectivity index (χ0n) is 16.9. The average Bonchev–Trinajstić information content (AvgIpc) is 2.74. The molecule has 1 amide bonds. The van der Waals surface area contributed by atoms with Crippen LogP contribution in [-0.2, 0) is 11.3 Å². The van der Waals surface area contributed by atoms with Gasteiger partial charge in [0, 0.05) is 25.5 Å². The second kappa shape index (κ2) is 9.84. The molecule has 0 bridgehead atoms. The highest BCUT2D eigenvalue weighted by atomic mass is 19.1. The zero-order valence-corrected chi connectivity index (χ0v) is 16.9. The SMILES string of the molecule is COCCOc1cccc(CNC(=O)c2c(C)ccn(-c3ccc(F)cc3)c2=O)c1. The Morgan fingerprint density at radius 2 is 1.87 bits per heavy atom. The van der Waals surface area contributed by atoms with E-state index in [-0.39, 0.29) is 12.1 Å². The van der Waals surface area contributed by atoms with Gasteiger partial charge in [-0.15, -0.1) is 0 Å². The number of nitrogens with one attached hydrogen (secondary N) is 1. The van der Waals surface area contributed by atoms with Gasteiger partial charge in [-0.1, -0.05) is 12.1 Å². The molecule has 30 heavy (non-hydrogen) atoms. The summed E-state index contributed by atoms with van der Waals surface area (Å²) in [5.74, 6) is -0.196. The molecule has 1 aromatic heterocycles. The van der Waals surface area contributed by atoms with Crippen LogP contribution >= 0.6 is 0 Å². The summed E-state index contributed by atoms with van der Waals surface area (Å²) in [6, 6.07) is 14.5. The van der Waals surface area contributed by atoms with Gasteiger partial charge in [-0.2, -0.15) is 0 Å². The Kier molecular flexibility index (Phi) is 6.98. The molecule has 1 N–H and O–H groups in total. The van der Waals surface area contributed by atoms with E-state index in [9.17, 15) is 14.0 Å². The van der Waals surface area contributed by atoms with Gasteiger partial charge in [0.25, 0.3) is 11.5 Å². The van der Waals surface area contributed by atoms with Gasteiger partial charge in [0.1, 0.15) is 23.7 Å². The predicted octanol–water partition coefficient (Wildman–Crippen LogP) is 3.24. The summed E-state index contributed by atoms with van der Waals surface area (Å²) in [6.07, 6.45) is 1.57. The number of aryl methyl sites for hydroxylation is 1. The van der Waals surface area contributed by atoms with Crippen molar-refractivity contribution in [2.75, 3.05) is 20.3 Å². The van der Waals surface area contributed by atoms with Crippen molar-refractivity contribution >= 4 is 5.91 Å². The summed E-state index contributed by atoms with van der Waals surface area (Å²) >= 11 is 0. The van der Waals surface area contributed by atoms with Crippen molar-refractivity contribution in [1.82, 2.24) is 9.88 Å². The van der Waals surface area contributed by atoms with E-state index in [1.54, 1.807) is 26.3 Å². The summed E-state index contributed by atoms with van der Waals surface area (Å²) in [5, 5.41) is 2.79. The largest absolute Gasteiger partial charge is 0.491 e. The third-order valence-electron chi connectivity index (χ3n) is 4.54. The highest BCUT2D eigenvalue weighted by molar-refractivity contribution is 5.95. The number of ether oxygens (including phenoxy) is 2. The quantitative estimate of drug-likeness (QED) is 0.579. The number of hydrogen-bond donors (Lipinski definition) is 1. The molecule has 3 rings (SSSR count). The van der Waals surface area contributed by atoms with Crippen LogP contribution in [0.1, 0.15) is 21.5 Å². The van der Waals surface area contributed by atoms with Crippen molar-refractivity contribution in [3.8, 4) is 11.4 Å². The van der Waals surface area contributed by atoms with Gasteiger partial charge in [-0.3, -0.25) is 14.2 Å². The molecular formula is C23H23FN2O4. The van der Waals surface area contributed by atoms with E-state index in [1.165, 1.54) is 28.8 Å². The van der Waals surface area contributed by atoms with E-state index in [0.29, 0.717) is 30.2 Å². The molecule has 6 nitrogen and oxygen atoms in total. The zero-order chi connectivity index (χ0) is 21.5. The topological polar surface area (TPSA) is 69.6 Å². The Morgan fingerprint density at radius 3 is 2.60 bits per heavy atom. The van der Waals surface area contributed by atoms with Crippen molar-refractivity contribution in [2.24, 2.45) is 0 Å². The Morgan fingerprint density at radius 1 is 1.10 bits per heavy atom. The molecule has 0 aliphatic rings. The summed E-state index contributed by atoms with van der Waals surface area (Å²) in [4.78, 5) is 25.7. The fourth-order valence-electron chi connectivity index (χ4n) is 2.97. The normalized spacial score (nSPS) is 10.6. The van der Waals surface area contributed by atoms with Gasteiger partial charge in [0.2, 0.25) is 0 Å². The number of halogens is 1. The monoisotopic (exact) mass is 410 g/mol. The smallest absolute Gasteiger partial charge is 0.268 e. The molecule has 0 spiro atoms. The molecule has 0 radical (unpaired) electrons. The lowest BCUT2D eigenvalue weighted by Crippen LogP contribution is -2.33. The number of benzene rings is 2. The fourth-order valence-corrected chi connectivity index (χ4v) is 2.97. The van der Waals surface area contributed by atoms with Crippen LogP contribution in [0.15, 0.2) is 65.6 Å². The van der Waals surface area contributed by atoms with E-state index in [2.05, 4.69) is 5.32 Å². The molecule has 0 atom stereocenters. The number of rotatable bonds is 8. The van der Waals surface area contributed by atoms with Crippen molar-refractivity contribution in [2.45, 2.75) is 13.5 Å². The van der Waals surface area contributed by atoms with Gasteiger partial charge in [-0.05, 0) is 60.5 Å². The summed E-state index contributed by atoms with van der Waals surface area (Å²) in [7, 11) is 1.60. The maximum Gasteiger partial charge on any atom is 0.268 e. The lowest BCUT2D eigenvalue weighted by molar-refractivity contribution is 0.0948. The lowest BCUT2D eigenvalue weighted by Gasteiger charge is -2.12. The van der Waals surface area contributed by atoms with E-state index < -0.39 is 17.3 Å². The standard InChI is InChI=1S/C23H23FN2O4/c1-16-10-11-26(19-8-6-18(24)7-9-19)23(28)21(16)22(27)25-15-17-4-3-5-20(14-17)30-13-12-29-2/h3-11,14H,12-13,15H2,1-2H3,(H,25,27). The highest BCUT2D eigenvalue weighted by Crippen LogP contribution is 2.14. The van der Waals surface area contributed by atoms with Gasteiger partial charge >= 0.3 is 0 Å². The first kappa shape index (κ1) is 21.3. The molecule has 0 aliphatic heterocycles. The van der Waals surface area contributed by atoms with E-state index in [4.69, 9.17) is 9.47 Å². The molecular weight excluding hydrogens is 387 g/mol. The highest BCUT2D eigenvalue weighted by Gasteiger charge is 2.16. The maximum absolute atomic E-state index is 13.2. The van der Waals surface area contributed by atoms with Crippen LogP contribution in [0.2, 0.25) is 0 Å². The van der Waals surface area contributed by atoms with Gasteiger partial charge < -0.3 is 14.8 Å². The summed E-state index contributed by atoms with van der Waals surface area (Å²) < 4.78 is 25.0. The maximum atomic E-state index is 13.2. The van der Waals surface area contributed by atoms with E-state index >= 15 is 0 Å². The summed E-state index contributed by atoms with van der Waals surface area (Å²) in [6.45, 7) is 2.85. The number of methoxy groups -OCH3 is 1. The molecule has 0 fully saturated rings. The number of amides is 1. The second-order valence-electron chi connectivity index (χ2n) is 6.70. The number of hydrogen-bond acceptors (Lipinski definition) is 4. The fraction of sp³-hybridized carbons (Fsp3) is 0.217. The molecule has 0 saturated heterocycles. The van der Waals surface area contributed by atoms with E-state index in [1.807, 2.05) is 24.3 Å². The predicted molar refractivity (Wildman–Crippen MR) is 112 cm³/mol. The minimum absolute atomic E-state index is 0.0503. The Balaban J connectivity index is 1.76. The minimum atomic E-state index is -0.473. The Bertz CT molecular complexity index is 1080. The molecule has 0 aliphatic carbocycles. The van der Waals surface area contributed by atoms with Gasteiger partial charge in [0.05, 0.1) is 6.61 Å². The first-order valence-electron chi connectivity index (χ1n) is 9.46. The molecule has 1 heterocycles. The van der Waals surface area contributed by atoms with Crippen LogP contribution in [0.4, 0.5) is 4.39 Å². The van der Waals surface area contributed by atoms with Gasteiger partial charge in [0.15, 0.2) is 0 Å². The summed E-state index contributed by atoms with van der Waals surface area (Å²) in [5.41, 5.74) is 1.47. The second-order valence-corrected chi connectivity index (χ2v) is 6.70. The molecule has 0 unspecified atom stereocenters. The lowest BCUT2D eigenvalue weighted by atomic mass is 10.1. The molecule has 2 aromatic carbocycles. The number of carbonyl (C=O) groups excluding carboxylic acids is 1. The van der Waals surface area contributed by atoms with Crippen LogP contribution in [0, 0.1) is 12.7 Å². The van der Waals surface area contributed by atoms with Crippen molar-refractivity contribution in [1.29, 1.82) is 0 Å². The first-order chi connectivity index (χ1) is 14.5. The van der Waals surface area contributed by atoms with Crippen LogP contribution < -0.4 is 15.6 Å². The molecule has 0 saturated carbocycles. The molecule has 3 aromatic rings. The number of nitrogens with zero attached hydrogens (tertiary/aromatic N) is 1. The first-order valence-corrected chi connectivity index (χ1v) is 9.46. The van der Waals surface area contributed by atoms with Crippen LogP contribution in [0.3, 0.4) is 0 Å². The van der Waals surface area contributed by atoms with Crippen LogP contribution in [0.25, 0.3) is 5.69 Å². The Hall–Kier alpha value is -3.45. The molecule has 7 heteroatoms. The van der Waals surface area contributed by atoms with Crippen LogP contribution in [0.5, 0.6) is 5.75 Å². The third-order valence-corrected chi connectivity index (χ3v) is 4.54. The van der Waals surface area contributed by atoms with Crippen molar-refractivity contribution < 1.29 is 18.7 Å². The van der Waals surface area contributed by atoms with Crippen LogP contribution in [-0.4, -0.2) is 30.8 Å². The van der Waals surface area contributed by atoms with Gasteiger partial charge in [-0.25, -0.2) is 4.39 Å². The number of carbonyl (C=O) groups is 1. The number of pyridine rings is 1. The van der Waals surface area contributed by atoms with E-state index in [0.717, 1.165) is 5.56 Å².